The highest BCUT2D eigenvalue weighted by molar-refractivity contribution is 9.10. The molecule has 0 spiro atoms. The number of aryl methyl sites for hydroxylation is 1. The summed E-state index contributed by atoms with van der Waals surface area (Å²) in [5.41, 5.74) is 0.562. The Morgan fingerprint density at radius 2 is 1.86 bits per heavy atom. The van der Waals surface area contributed by atoms with Gasteiger partial charge in [-0.25, -0.2) is 4.79 Å². The number of benzene rings is 3. The monoisotopic (exact) mass is 549 g/mol. The predicted molar refractivity (Wildman–Crippen MR) is 125 cm³/mol. The van der Waals surface area contributed by atoms with E-state index in [2.05, 4.69) is 21.2 Å². The molecule has 1 aliphatic heterocycles. The van der Waals surface area contributed by atoms with Crippen molar-refractivity contribution in [2.75, 3.05) is 12.4 Å². The smallest absolute Gasteiger partial charge is 0.416 e. The average molecular weight is 550 g/mol. The molecule has 0 aromatic heterocycles. The Kier molecular flexibility index (Phi) is 6.75. The number of methoxy groups -OCH3 is 1. The normalized spacial score (nSPS) is 17.3. The molecule has 0 bridgehead atoms. The fraction of sp³-hybridized carbons (Fsp3) is 0.200. The maximum atomic E-state index is 13.3. The maximum Gasteiger partial charge on any atom is 0.416 e. The number of nitrogens with one attached hydrogen (secondary N) is 1. The predicted octanol–water partition coefficient (Wildman–Crippen LogP) is 6.72. The first-order chi connectivity index (χ1) is 16.6. The van der Waals surface area contributed by atoms with E-state index >= 15 is 0 Å². The summed E-state index contributed by atoms with van der Waals surface area (Å²) in [5.74, 6) is -0.113. The topological polar surface area (TPSA) is 73.9 Å². The van der Waals surface area contributed by atoms with E-state index in [1.54, 1.807) is 18.2 Å². The lowest BCUT2D eigenvalue weighted by Gasteiger charge is -2.32. The number of alkyl halides is 3. The Hall–Kier alpha value is -3.53. The van der Waals surface area contributed by atoms with Crippen LogP contribution < -0.4 is 14.8 Å². The first kappa shape index (κ1) is 24.6. The number of amides is 1. The minimum absolute atomic E-state index is 0.0255. The fourth-order valence-corrected chi connectivity index (χ4v) is 3.98. The number of fused-ring (bicyclic) bond motifs is 1. The summed E-state index contributed by atoms with van der Waals surface area (Å²) in [7, 11) is 1.43. The molecular formula is C25H19BrF3NO5. The van der Waals surface area contributed by atoms with Crippen LogP contribution in [0.5, 0.6) is 11.5 Å². The van der Waals surface area contributed by atoms with Gasteiger partial charge in [-0.2, -0.15) is 13.2 Å². The fourth-order valence-electron chi connectivity index (χ4n) is 3.60. The van der Waals surface area contributed by atoms with Crippen molar-refractivity contribution < 1.29 is 37.0 Å². The lowest BCUT2D eigenvalue weighted by atomic mass is 9.92. The number of Topliss-reactive ketones (excluding diaryl/α,β-unsaturated/α-hetero) is 1. The van der Waals surface area contributed by atoms with E-state index in [9.17, 15) is 22.8 Å². The first-order valence-corrected chi connectivity index (χ1v) is 11.2. The molecule has 3 aromatic rings. The minimum Gasteiger partial charge on any atom is -0.497 e. The van der Waals surface area contributed by atoms with E-state index in [0.717, 1.165) is 22.2 Å². The molecule has 10 heteroatoms. The highest BCUT2D eigenvalue weighted by Crippen LogP contribution is 2.40. The lowest BCUT2D eigenvalue weighted by Crippen LogP contribution is -2.41. The van der Waals surface area contributed by atoms with Crippen molar-refractivity contribution in [3.05, 3.63) is 87.4 Å². The van der Waals surface area contributed by atoms with Gasteiger partial charge in [0.1, 0.15) is 11.5 Å². The number of hydrogen-bond acceptors (Lipinski definition) is 5. The maximum absolute atomic E-state index is 13.3. The summed E-state index contributed by atoms with van der Waals surface area (Å²) >= 11 is 3.37. The molecule has 0 saturated carbocycles. The molecule has 1 amide bonds. The third kappa shape index (κ3) is 5.27. The third-order valence-corrected chi connectivity index (χ3v) is 6.29. The largest absolute Gasteiger partial charge is 0.497 e. The van der Waals surface area contributed by atoms with Gasteiger partial charge in [0.05, 0.1) is 18.2 Å². The molecule has 0 saturated heterocycles. The van der Waals surface area contributed by atoms with Crippen LogP contribution in [0.25, 0.3) is 0 Å². The van der Waals surface area contributed by atoms with Crippen LogP contribution in [-0.4, -0.2) is 25.1 Å². The molecule has 2 atom stereocenters. The molecule has 4 rings (SSSR count). The van der Waals surface area contributed by atoms with Gasteiger partial charge in [-0.1, -0.05) is 34.1 Å². The van der Waals surface area contributed by atoms with E-state index < -0.39 is 35.8 Å². The molecule has 182 valence electrons. The molecule has 1 aliphatic rings. The number of rotatable bonds is 4. The molecule has 0 unspecified atom stereocenters. The summed E-state index contributed by atoms with van der Waals surface area (Å²) in [6.45, 7) is 1.87. The van der Waals surface area contributed by atoms with Gasteiger partial charge < -0.3 is 14.2 Å². The van der Waals surface area contributed by atoms with Crippen LogP contribution in [0, 0.1) is 6.92 Å². The number of ketones is 1. The van der Waals surface area contributed by atoms with Gasteiger partial charge in [-0.3, -0.25) is 10.1 Å². The quantitative estimate of drug-likeness (QED) is 0.391. The zero-order valence-corrected chi connectivity index (χ0v) is 20.1. The number of ether oxygens (including phenoxy) is 3. The van der Waals surface area contributed by atoms with E-state index in [0.29, 0.717) is 11.4 Å². The molecule has 35 heavy (non-hydrogen) atoms. The van der Waals surface area contributed by atoms with Gasteiger partial charge in [-0.05, 0) is 54.4 Å². The zero-order chi connectivity index (χ0) is 25.3. The Labute approximate surface area is 207 Å². The van der Waals surface area contributed by atoms with Crippen molar-refractivity contribution in [1.29, 1.82) is 0 Å². The van der Waals surface area contributed by atoms with E-state index in [1.165, 1.54) is 37.4 Å². The second kappa shape index (κ2) is 9.61. The second-order valence-corrected chi connectivity index (χ2v) is 8.66. The highest BCUT2D eigenvalue weighted by Gasteiger charge is 2.42. The summed E-state index contributed by atoms with van der Waals surface area (Å²) in [5, 5.41) is 2.53. The Morgan fingerprint density at radius 1 is 1.09 bits per heavy atom. The van der Waals surface area contributed by atoms with Crippen molar-refractivity contribution in [2.45, 2.75) is 25.3 Å². The Morgan fingerprint density at radius 3 is 2.54 bits per heavy atom. The minimum atomic E-state index is -4.61. The van der Waals surface area contributed by atoms with Crippen LogP contribution in [0.1, 0.15) is 33.2 Å². The lowest BCUT2D eigenvalue weighted by molar-refractivity contribution is -0.137. The van der Waals surface area contributed by atoms with Crippen molar-refractivity contribution in [2.24, 2.45) is 0 Å². The zero-order valence-electron chi connectivity index (χ0n) is 18.5. The number of halogens is 4. The first-order valence-electron chi connectivity index (χ1n) is 10.4. The van der Waals surface area contributed by atoms with Crippen LogP contribution in [-0.2, 0) is 10.9 Å². The molecule has 6 nitrogen and oxygen atoms in total. The molecule has 0 radical (unpaired) electrons. The second-order valence-electron chi connectivity index (χ2n) is 7.80. The summed E-state index contributed by atoms with van der Waals surface area (Å²) in [6.07, 6.45) is -8.42. The highest BCUT2D eigenvalue weighted by atomic mass is 79.9. The average Bonchev–Trinajstić information content (AvgIpc) is 2.82. The number of hydrogen-bond donors (Lipinski definition) is 1. The van der Waals surface area contributed by atoms with Crippen molar-refractivity contribution in [1.82, 2.24) is 0 Å². The molecule has 0 aliphatic carbocycles. The third-order valence-electron chi connectivity index (χ3n) is 5.44. The summed E-state index contributed by atoms with van der Waals surface area (Å²) < 4.78 is 57.3. The summed E-state index contributed by atoms with van der Waals surface area (Å²) in [4.78, 5) is 26.0. The van der Waals surface area contributed by atoms with E-state index in [-0.39, 0.29) is 16.9 Å². The number of carbonyl (C=O) groups is 2. The summed E-state index contributed by atoms with van der Waals surface area (Å²) in [6, 6.07) is 13.9. The van der Waals surface area contributed by atoms with Gasteiger partial charge in [0, 0.05) is 16.2 Å². The molecular weight excluding hydrogens is 531 g/mol. The van der Waals surface area contributed by atoms with E-state index in [1.807, 2.05) is 6.92 Å². The van der Waals surface area contributed by atoms with Crippen LogP contribution in [0.15, 0.2) is 65.1 Å². The van der Waals surface area contributed by atoms with Gasteiger partial charge >= 0.3 is 12.3 Å². The van der Waals surface area contributed by atoms with Crippen LogP contribution >= 0.6 is 15.9 Å². The van der Waals surface area contributed by atoms with Crippen LogP contribution in [0.4, 0.5) is 23.7 Å². The Bertz CT molecular complexity index is 1290. The van der Waals surface area contributed by atoms with Crippen LogP contribution in [0.3, 0.4) is 0 Å². The van der Waals surface area contributed by atoms with Crippen molar-refractivity contribution in [3.8, 4) is 11.5 Å². The van der Waals surface area contributed by atoms with Gasteiger partial charge in [0.25, 0.3) is 0 Å². The molecule has 1 heterocycles. The number of anilines is 1. The number of carbonyl (C=O) groups excluding carboxylic acids is 2. The molecule has 1 N–H and O–H groups in total. The van der Waals surface area contributed by atoms with Crippen molar-refractivity contribution >= 4 is 33.5 Å². The molecule has 0 fully saturated rings. The Balaban J connectivity index is 1.69. The van der Waals surface area contributed by atoms with Crippen LogP contribution in [0.2, 0.25) is 0 Å². The van der Waals surface area contributed by atoms with E-state index in [4.69, 9.17) is 14.2 Å². The van der Waals surface area contributed by atoms with Gasteiger partial charge in [0.15, 0.2) is 6.10 Å². The molecule has 3 aromatic carbocycles. The standard InChI is InChI=1S/C25H19BrF3NO5/c1-13-6-7-16(11-19(13)26)30-24(32)35-23-21(31)18-9-8-17(33-2)12-20(18)34-22(23)14-4-3-5-15(10-14)25(27,28)29/h3-12,22-23H,1-2H3,(H,30,32)/t22-,23+/m0/s1. The van der Waals surface area contributed by atoms with Crippen molar-refractivity contribution in [3.63, 3.8) is 0 Å². The van der Waals surface area contributed by atoms with Gasteiger partial charge in [-0.15, -0.1) is 0 Å². The van der Waals surface area contributed by atoms with Gasteiger partial charge in [0.2, 0.25) is 11.9 Å². The SMILES string of the molecule is COc1ccc2c(c1)O[C@@H](c1cccc(C(F)(F)F)c1)[C@H](OC(=O)Nc1ccc(C)c(Br)c1)C2=O.